The fourth-order valence-electron chi connectivity index (χ4n) is 2.98. The number of hydrogen-bond acceptors (Lipinski definition) is 0. The molecule has 0 heterocycles. The molecule has 18 heavy (non-hydrogen) atoms. The average Bonchev–Trinajstić information content (AvgIpc) is 2.35. The molecule has 0 radical (unpaired) electrons. The molecule has 0 spiro atoms. The molecule has 3 aliphatic carbocycles. The van der Waals surface area contributed by atoms with E-state index in [-0.39, 0.29) is 48.0 Å². The number of rotatable bonds is 0. The second kappa shape index (κ2) is 6.73. The summed E-state index contributed by atoms with van der Waals surface area (Å²) in [5.41, 5.74) is 3.73. The molecular weight excluding hydrogens is 446 g/mol. The lowest BCUT2D eigenvalue weighted by Gasteiger charge is -2.47. The van der Waals surface area contributed by atoms with Gasteiger partial charge in [0, 0.05) is 10.8 Å². The van der Waals surface area contributed by atoms with E-state index in [1.54, 1.807) is 11.1 Å². The molecular formula is C16H24I2. The molecule has 3 aliphatic rings. The monoisotopic (exact) mass is 470 g/mol. The number of fused-ring (bicyclic) bond motifs is 1. The van der Waals surface area contributed by atoms with E-state index in [0.29, 0.717) is 10.8 Å². The Labute approximate surface area is 146 Å². The number of halogens is 2. The van der Waals surface area contributed by atoms with E-state index in [1.165, 1.54) is 12.8 Å². The van der Waals surface area contributed by atoms with Crippen LogP contribution in [0.5, 0.6) is 0 Å². The van der Waals surface area contributed by atoms with E-state index in [0.717, 1.165) is 0 Å². The van der Waals surface area contributed by atoms with Crippen molar-refractivity contribution in [2.45, 2.75) is 51.4 Å². The fourth-order valence-corrected chi connectivity index (χ4v) is 2.98. The first-order chi connectivity index (χ1) is 7.64. The summed E-state index contributed by atoms with van der Waals surface area (Å²) in [6, 6.07) is 8.94. The van der Waals surface area contributed by atoms with Crippen molar-refractivity contribution < 1.29 is 0 Å². The van der Waals surface area contributed by atoms with Crippen LogP contribution in [0.25, 0.3) is 0 Å². The zero-order chi connectivity index (χ0) is 11.8. The first-order valence-electron chi connectivity index (χ1n) is 6.45. The summed E-state index contributed by atoms with van der Waals surface area (Å²) < 4.78 is 0. The van der Waals surface area contributed by atoms with Crippen molar-refractivity contribution in [3.63, 3.8) is 0 Å². The number of allylic oxidation sites excluding steroid dienone is 2. The highest BCUT2D eigenvalue weighted by Gasteiger charge is 2.43. The second-order valence-electron chi connectivity index (χ2n) is 5.21. The molecule has 4 rings (SSSR count). The van der Waals surface area contributed by atoms with E-state index < -0.39 is 0 Å². The van der Waals surface area contributed by atoms with E-state index in [9.17, 15) is 0 Å². The van der Waals surface area contributed by atoms with Crippen molar-refractivity contribution in [1.82, 2.24) is 0 Å². The van der Waals surface area contributed by atoms with Crippen molar-refractivity contribution in [3.8, 4) is 0 Å². The summed E-state index contributed by atoms with van der Waals surface area (Å²) in [6.07, 6.45) is 7.44. The maximum atomic E-state index is 2.42. The Morgan fingerprint density at radius 1 is 0.778 bits per heavy atom. The van der Waals surface area contributed by atoms with Crippen molar-refractivity contribution in [2.24, 2.45) is 0 Å². The summed E-state index contributed by atoms with van der Waals surface area (Å²) in [4.78, 5) is 0. The fraction of sp³-hybridized carbons (Fsp3) is 0.500. The van der Waals surface area contributed by atoms with Gasteiger partial charge in [0.1, 0.15) is 0 Å². The molecule has 102 valence electrons. The highest BCUT2D eigenvalue weighted by molar-refractivity contribution is 14.0. The SMILES string of the molecule is CC.CC12C=CC(C)(CC1)c1ccccc12.I.I. The lowest BCUT2D eigenvalue weighted by atomic mass is 9.57. The van der Waals surface area contributed by atoms with E-state index in [4.69, 9.17) is 0 Å². The van der Waals surface area contributed by atoms with Crippen molar-refractivity contribution in [2.75, 3.05) is 0 Å². The van der Waals surface area contributed by atoms with Crippen molar-refractivity contribution in [3.05, 3.63) is 47.5 Å². The molecule has 0 saturated carbocycles. The molecule has 0 N–H and O–H groups in total. The van der Waals surface area contributed by atoms with E-state index >= 15 is 0 Å². The van der Waals surface area contributed by atoms with Gasteiger partial charge in [0.25, 0.3) is 0 Å². The average molecular weight is 470 g/mol. The zero-order valence-corrected chi connectivity index (χ0v) is 16.4. The Balaban J connectivity index is 0.000000691. The van der Waals surface area contributed by atoms with Gasteiger partial charge in [0.05, 0.1) is 0 Å². The maximum Gasteiger partial charge on any atom is 0.0107 e. The van der Waals surface area contributed by atoms with Crippen molar-refractivity contribution in [1.29, 1.82) is 0 Å². The molecule has 2 atom stereocenters. The second-order valence-corrected chi connectivity index (χ2v) is 5.21. The molecule has 0 aromatic heterocycles. The molecule has 2 heteroatoms. The Morgan fingerprint density at radius 2 is 1.11 bits per heavy atom. The molecule has 2 unspecified atom stereocenters. The van der Waals surface area contributed by atoms with Gasteiger partial charge in [0.15, 0.2) is 0 Å². The van der Waals surface area contributed by atoms with Gasteiger partial charge in [-0.3, -0.25) is 0 Å². The molecule has 0 nitrogen and oxygen atoms in total. The first-order valence-corrected chi connectivity index (χ1v) is 6.45. The predicted octanol–water partition coefficient (Wildman–Crippen LogP) is 5.83. The van der Waals surface area contributed by atoms with Crippen LogP contribution in [0.15, 0.2) is 36.4 Å². The highest BCUT2D eigenvalue weighted by Crippen LogP contribution is 2.51. The number of hydrogen-bond donors (Lipinski definition) is 0. The van der Waals surface area contributed by atoms with Gasteiger partial charge >= 0.3 is 0 Å². The van der Waals surface area contributed by atoms with Gasteiger partial charge in [-0.1, -0.05) is 64.1 Å². The molecule has 1 aromatic rings. The summed E-state index contributed by atoms with van der Waals surface area (Å²) in [7, 11) is 0. The van der Waals surface area contributed by atoms with Crippen LogP contribution >= 0.6 is 48.0 Å². The van der Waals surface area contributed by atoms with Crippen LogP contribution in [0.2, 0.25) is 0 Å². The van der Waals surface area contributed by atoms with Crippen LogP contribution in [0.4, 0.5) is 0 Å². The van der Waals surface area contributed by atoms with Crippen molar-refractivity contribution >= 4 is 48.0 Å². The van der Waals surface area contributed by atoms with Crippen LogP contribution in [0.3, 0.4) is 0 Å². The van der Waals surface area contributed by atoms with Crippen LogP contribution in [0.1, 0.15) is 51.7 Å². The van der Waals surface area contributed by atoms with Crippen LogP contribution in [-0.4, -0.2) is 0 Å². The Kier molecular flexibility index (Phi) is 6.89. The lowest BCUT2D eigenvalue weighted by Crippen LogP contribution is -2.39. The van der Waals surface area contributed by atoms with E-state index in [2.05, 4.69) is 50.3 Å². The third kappa shape index (κ3) is 2.79. The highest BCUT2D eigenvalue weighted by atomic mass is 127. The Hall–Kier alpha value is 0.420. The lowest BCUT2D eigenvalue weighted by molar-refractivity contribution is 0.355. The molecule has 2 bridgehead atoms. The van der Waals surface area contributed by atoms with Crippen LogP contribution in [-0.2, 0) is 10.8 Å². The Morgan fingerprint density at radius 3 is 1.39 bits per heavy atom. The summed E-state index contributed by atoms with van der Waals surface area (Å²) >= 11 is 0. The molecule has 1 aromatic carbocycles. The van der Waals surface area contributed by atoms with E-state index in [1.807, 2.05) is 13.8 Å². The summed E-state index contributed by atoms with van der Waals surface area (Å²) in [5, 5.41) is 0. The largest absolute Gasteiger partial charge is 0.107 e. The summed E-state index contributed by atoms with van der Waals surface area (Å²) in [6.45, 7) is 8.72. The quantitative estimate of drug-likeness (QED) is 0.331. The normalized spacial score (nSPS) is 30.2. The minimum absolute atomic E-state index is 0. The minimum atomic E-state index is 0. The van der Waals surface area contributed by atoms with Gasteiger partial charge in [-0.05, 0) is 24.0 Å². The number of benzene rings is 1. The molecule has 0 saturated heterocycles. The van der Waals surface area contributed by atoms with Crippen LogP contribution < -0.4 is 0 Å². The Bertz CT molecular complexity index is 386. The molecule has 0 aliphatic heterocycles. The zero-order valence-electron chi connectivity index (χ0n) is 11.7. The third-order valence-corrected chi connectivity index (χ3v) is 4.14. The standard InChI is InChI=1S/C14H16.C2H6.2HI/c1-13-7-9-14(2,10-8-13)12-6-4-3-5-11(12)13;1-2;;/h3-7,9H,8,10H2,1-2H3;1-2H3;2*1H. The third-order valence-electron chi connectivity index (χ3n) is 4.14. The van der Waals surface area contributed by atoms with Gasteiger partial charge in [-0.15, -0.1) is 48.0 Å². The van der Waals surface area contributed by atoms with Gasteiger partial charge < -0.3 is 0 Å². The molecule has 0 fully saturated rings. The maximum absolute atomic E-state index is 2.42. The van der Waals surface area contributed by atoms with Gasteiger partial charge in [-0.2, -0.15) is 0 Å². The summed E-state index contributed by atoms with van der Waals surface area (Å²) in [5.74, 6) is 0. The predicted molar refractivity (Wildman–Crippen MR) is 102 cm³/mol. The minimum Gasteiger partial charge on any atom is -0.107 e. The van der Waals surface area contributed by atoms with Crippen LogP contribution in [0, 0.1) is 0 Å². The smallest absolute Gasteiger partial charge is 0.0107 e. The molecule has 0 amide bonds. The van der Waals surface area contributed by atoms with Gasteiger partial charge in [0.2, 0.25) is 0 Å². The van der Waals surface area contributed by atoms with Gasteiger partial charge in [-0.25, -0.2) is 0 Å². The first kappa shape index (κ1) is 18.4. The topological polar surface area (TPSA) is 0 Å².